The highest BCUT2D eigenvalue weighted by atomic mass is 16.5. The van der Waals surface area contributed by atoms with Gasteiger partial charge in [-0.25, -0.2) is 5.06 Å². The normalized spacial score (nSPS) is 10.6. The third-order valence-corrected chi connectivity index (χ3v) is 2.52. The van der Waals surface area contributed by atoms with Crippen molar-refractivity contribution in [3.05, 3.63) is 35.9 Å². The van der Waals surface area contributed by atoms with Gasteiger partial charge in [0.25, 0.3) is 0 Å². The van der Waals surface area contributed by atoms with Crippen molar-refractivity contribution in [2.45, 2.75) is 33.1 Å². The average molecular weight is 235 g/mol. The zero-order chi connectivity index (χ0) is 12.7. The molecular formula is C14H21NO2. The lowest BCUT2D eigenvalue weighted by Crippen LogP contribution is -2.30. The molecular weight excluding hydrogens is 214 g/mol. The van der Waals surface area contributed by atoms with E-state index in [9.17, 15) is 10.0 Å². The number of aryl methyl sites for hydroxylation is 1. The molecule has 3 nitrogen and oxygen atoms in total. The minimum absolute atomic E-state index is 0.186. The molecule has 0 saturated carbocycles. The summed E-state index contributed by atoms with van der Waals surface area (Å²) in [7, 11) is 0. The summed E-state index contributed by atoms with van der Waals surface area (Å²) in [5.74, 6) is 0.104. The quantitative estimate of drug-likeness (QED) is 0.608. The van der Waals surface area contributed by atoms with Gasteiger partial charge >= 0.3 is 0 Å². The number of hydrogen-bond acceptors (Lipinski definition) is 2. The predicted molar refractivity (Wildman–Crippen MR) is 67.7 cm³/mol. The van der Waals surface area contributed by atoms with Crippen molar-refractivity contribution in [2.75, 3.05) is 6.54 Å². The number of carbonyl (C=O) groups is 1. The fourth-order valence-corrected chi connectivity index (χ4v) is 1.67. The summed E-state index contributed by atoms with van der Waals surface area (Å²) in [5, 5.41) is 10.3. The summed E-state index contributed by atoms with van der Waals surface area (Å²) in [4.78, 5) is 11.5. The molecule has 0 aliphatic rings. The highest BCUT2D eigenvalue weighted by molar-refractivity contribution is 5.74. The van der Waals surface area contributed by atoms with Crippen LogP contribution in [0.2, 0.25) is 0 Å². The second kappa shape index (κ2) is 7.07. The molecule has 0 heterocycles. The molecule has 0 aromatic heterocycles. The summed E-state index contributed by atoms with van der Waals surface area (Å²) < 4.78 is 0. The molecule has 1 aromatic rings. The van der Waals surface area contributed by atoms with Crippen LogP contribution >= 0.6 is 0 Å². The van der Waals surface area contributed by atoms with Crippen molar-refractivity contribution in [3.63, 3.8) is 0 Å². The van der Waals surface area contributed by atoms with Crippen LogP contribution in [0.15, 0.2) is 30.3 Å². The Balaban J connectivity index is 2.24. The van der Waals surface area contributed by atoms with Gasteiger partial charge in [0, 0.05) is 6.42 Å². The van der Waals surface area contributed by atoms with Crippen molar-refractivity contribution in [2.24, 2.45) is 5.92 Å². The molecule has 0 fully saturated rings. The van der Waals surface area contributed by atoms with Gasteiger partial charge in [-0.05, 0) is 24.3 Å². The third-order valence-electron chi connectivity index (χ3n) is 2.52. The first-order chi connectivity index (χ1) is 8.09. The van der Waals surface area contributed by atoms with Gasteiger partial charge in [-0.15, -0.1) is 0 Å². The molecule has 3 heteroatoms. The SMILES string of the molecule is CC(C)CN(O)C(=O)CCCc1ccccc1. The monoisotopic (exact) mass is 235 g/mol. The zero-order valence-electron chi connectivity index (χ0n) is 10.6. The average Bonchev–Trinajstić information content (AvgIpc) is 2.29. The molecule has 0 radical (unpaired) electrons. The molecule has 0 aliphatic carbocycles. The Morgan fingerprint density at radius 2 is 1.94 bits per heavy atom. The maximum Gasteiger partial charge on any atom is 0.245 e. The number of benzene rings is 1. The fraction of sp³-hybridized carbons (Fsp3) is 0.500. The molecule has 1 N–H and O–H groups in total. The predicted octanol–water partition coefficient (Wildman–Crippen LogP) is 2.88. The van der Waals surface area contributed by atoms with Crippen LogP contribution in [0, 0.1) is 5.92 Å². The van der Waals surface area contributed by atoms with Gasteiger partial charge in [-0.2, -0.15) is 0 Å². The smallest absolute Gasteiger partial charge is 0.245 e. The van der Waals surface area contributed by atoms with Gasteiger partial charge in [0.2, 0.25) is 5.91 Å². The van der Waals surface area contributed by atoms with E-state index in [0.29, 0.717) is 13.0 Å². The largest absolute Gasteiger partial charge is 0.286 e. The molecule has 94 valence electrons. The van der Waals surface area contributed by atoms with Crippen molar-refractivity contribution in [1.29, 1.82) is 0 Å². The first-order valence-corrected chi connectivity index (χ1v) is 6.12. The number of nitrogens with zero attached hydrogens (tertiary/aromatic N) is 1. The standard InChI is InChI=1S/C14H21NO2/c1-12(2)11-15(17)14(16)10-6-9-13-7-4-3-5-8-13/h3-5,7-8,12,17H,6,9-11H2,1-2H3. The molecule has 0 bridgehead atoms. The molecule has 17 heavy (non-hydrogen) atoms. The number of hydrogen-bond donors (Lipinski definition) is 1. The van der Waals surface area contributed by atoms with Crippen molar-refractivity contribution >= 4 is 5.91 Å². The van der Waals surface area contributed by atoms with E-state index in [1.54, 1.807) is 0 Å². The number of amides is 1. The van der Waals surface area contributed by atoms with Gasteiger partial charge in [0.1, 0.15) is 0 Å². The lowest BCUT2D eigenvalue weighted by atomic mass is 10.1. The summed E-state index contributed by atoms with van der Waals surface area (Å²) in [6.07, 6.45) is 2.05. The van der Waals surface area contributed by atoms with E-state index in [0.717, 1.165) is 17.9 Å². The van der Waals surface area contributed by atoms with Crippen LogP contribution in [-0.2, 0) is 11.2 Å². The Bertz CT molecular complexity index is 335. The molecule has 0 unspecified atom stereocenters. The molecule has 0 atom stereocenters. The second-order valence-electron chi connectivity index (χ2n) is 4.71. The van der Waals surface area contributed by atoms with Crippen molar-refractivity contribution in [3.8, 4) is 0 Å². The van der Waals surface area contributed by atoms with Crippen LogP contribution in [0.25, 0.3) is 0 Å². The second-order valence-corrected chi connectivity index (χ2v) is 4.71. The molecule has 0 saturated heterocycles. The summed E-state index contributed by atoms with van der Waals surface area (Å²) >= 11 is 0. The van der Waals surface area contributed by atoms with E-state index in [2.05, 4.69) is 12.1 Å². The maximum atomic E-state index is 11.5. The Kier molecular flexibility index (Phi) is 5.70. The molecule has 1 aromatic carbocycles. The first kappa shape index (κ1) is 13.7. The zero-order valence-corrected chi connectivity index (χ0v) is 10.6. The highest BCUT2D eigenvalue weighted by Crippen LogP contribution is 2.06. The lowest BCUT2D eigenvalue weighted by Gasteiger charge is -2.16. The Labute approximate surface area is 103 Å². The maximum absolute atomic E-state index is 11.5. The van der Waals surface area contributed by atoms with Crippen LogP contribution in [-0.4, -0.2) is 22.7 Å². The molecule has 0 spiro atoms. The van der Waals surface area contributed by atoms with Gasteiger partial charge in [0.15, 0.2) is 0 Å². The first-order valence-electron chi connectivity index (χ1n) is 6.12. The topological polar surface area (TPSA) is 40.5 Å². The van der Waals surface area contributed by atoms with Crippen molar-refractivity contribution < 1.29 is 10.0 Å². The van der Waals surface area contributed by atoms with E-state index in [-0.39, 0.29) is 11.8 Å². The van der Waals surface area contributed by atoms with Gasteiger partial charge in [-0.3, -0.25) is 10.0 Å². The number of rotatable bonds is 6. The van der Waals surface area contributed by atoms with Crippen LogP contribution in [0.1, 0.15) is 32.3 Å². The van der Waals surface area contributed by atoms with Crippen LogP contribution in [0.3, 0.4) is 0 Å². The Morgan fingerprint density at radius 1 is 1.29 bits per heavy atom. The molecule has 1 rings (SSSR count). The third kappa shape index (κ3) is 5.50. The molecule has 1 amide bonds. The van der Waals surface area contributed by atoms with E-state index in [1.807, 2.05) is 32.0 Å². The fourth-order valence-electron chi connectivity index (χ4n) is 1.67. The van der Waals surface area contributed by atoms with E-state index < -0.39 is 0 Å². The minimum Gasteiger partial charge on any atom is -0.286 e. The number of carbonyl (C=O) groups excluding carboxylic acids is 1. The molecule has 0 aliphatic heterocycles. The van der Waals surface area contributed by atoms with Gasteiger partial charge < -0.3 is 0 Å². The van der Waals surface area contributed by atoms with Crippen LogP contribution in [0.4, 0.5) is 0 Å². The Hall–Kier alpha value is -1.35. The van der Waals surface area contributed by atoms with Crippen molar-refractivity contribution in [1.82, 2.24) is 5.06 Å². The minimum atomic E-state index is -0.186. The van der Waals surface area contributed by atoms with Gasteiger partial charge in [0.05, 0.1) is 6.54 Å². The summed E-state index contributed by atoms with van der Waals surface area (Å²) in [6.45, 7) is 4.35. The van der Waals surface area contributed by atoms with Gasteiger partial charge in [-0.1, -0.05) is 44.2 Å². The van der Waals surface area contributed by atoms with Crippen LogP contribution < -0.4 is 0 Å². The number of hydroxylamine groups is 2. The lowest BCUT2D eigenvalue weighted by molar-refractivity contribution is -0.167. The summed E-state index contributed by atoms with van der Waals surface area (Å²) in [6, 6.07) is 10.1. The summed E-state index contributed by atoms with van der Waals surface area (Å²) in [5.41, 5.74) is 1.23. The van der Waals surface area contributed by atoms with Crippen LogP contribution in [0.5, 0.6) is 0 Å². The van der Waals surface area contributed by atoms with E-state index in [4.69, 9.17) is 0 Å². The van der Waals surface area contributed by atoms with E-state index >= 15 is 0 Å². The highest BCUT2D eigenvalue weighted by Gasteiger charge is 2.11. The Morgan fingerprint density at radius 3 is 2.53 bits per heavy atom. The van der Waals surface area contributed by atoms with E-state index in [1.165, 1.54) is 5.56 Å².